The van der Waals surface area contributed by atoms with Gasteiger partial charge in [-0.05, 0) is 125 Å². The summed E-state index contributed by atoms with van der Waals surface area (Å²) in [4.78, 5) is 66.4. The number of nitrogens with one attached hydrogen (secondary N) is 4. The van der Waals surface area contributed by atoms with Crippen LogP contribution in [0.15, 0.2) is 91.2 Å². The molecule has 70 heavy (non-hydrogen) atoms. The number of aryl methyl sites for hydroxylation is 1. The Hall–Kier alpha value is -4.74. The lowest BCUT2D eigenvalue weighted by Crippen LogP contribution is -2.61. The summed E-state index contributed by atoms with van der Waals surface area (Å²) in [7, 11) is 1.82. The number of H-pyrrole nitrogens is 1. The van der Waals surface area contributed by atoms with Crippen LogP contribution in [0, 0.1) is 28.6 Å². The normalized spacial score (nSPS) is 25.1. The number of benzene rings is 2. The number of ether oxygens (including phenoxy) is 1. The standard InChI is InChI=1S/C35H45Cl2NO6.C12H19N3O.C5H4N4.ClH/c1-33-14-12-26(39)20-24(33)8-11-27-28-13-15-35(43,34(28,2)21-29(40)32(27)33)30(41)22-44-31(42)5-3-4-23-6-9-25(10-7-23)38(18-16-36)19-17-37;1-9(2)15-12(16)11-6-4-10(5-7-11)8-14-13-3;1-4-5(8-2-6-1)9-3-7-4;/h6-7,9-10,12,14,20,27-29,32,40,43H,3-5,8,11,13,15-19,21-22H2,1-2H3;4-7,9,13-14H,8H2,1-3H3,(H,15,16);1-3H,(H,6,7,8,9);1H/t27-,28-,29-,32+,33-,34-,35-;;;/m0.../s1. The second-order valence-corrected chi connectivity index (χ2v) is 19.9. The number of fused-ring (bicyclic) bond motifs is 6. The van der Waals surface area contributed by atoms with E-state index in [1.165, 1.54) is 6.33 Å². The van der Waals surface area contributed by atoms with Crippen LogP contribution >= 0.6 is 35.6 Å². The first-order chi connectivity index (χ1) is 33.1. The molecule has 0 bridgehead atoms. The molecule has 2 aromatic carbocycles. The number of aliphatic hydroxyl groups excluding tert-OH is 1. The van der Waals surface area contributed by atoms with E-state index in [1.807, 2.05) is 82.4 Å². The summed E-state index contributed by atoms with van der Waals surface area (Å²) >= 11 is 11.8. The van der Waals surface area contributed by atoms with E-state index in [1.54, 1.807) is 24.7 Å². The molecule has 6 N–H and O–H groups in total. The second kappa shape index (κ2) is 25.6. The van der Waals surface area contributed by atoms with Gasteiger partial charge in [0.25, 0.3) is 5.91 Å². The number of Topliss-reactive ketones (excluding diaryl/α,β-unsaturated/α-hetero) is 1. The highest BCUT2D eigenvalue weighted by atomic mass is 35.5. The summed E-state index contributed by atoms with van der Waals surface area (Å²) < 4.78 is 5.39. The van der Waals surface area contributed by atoms with Crippen molar-refractivity contribution < 1.29 is 34.1 Å². The fraction of sp³-hybridized carbons (Fsp3) is 0.519. The van der Waals surface area contributed by atoms with Crippen molar-refractivity contribution in [1.29, 1.82) is 0 Å². The lowest BCUT2D eigenvalue weighted by molar-refractivity contribution is -0.181. The molecule has 3 saturated carbocycles. The van der Waals surface area contributed by atoms with Gasteiger partial charge in [0.2, 0.25) is 5.78 Å². The molecule has 0 aliphatic heterocycles. The van der Waals surface area contributed by atoms with Crippen LogP contribution in [-0.4, -0.2) is 110 Å². The minimum atomic E-state index is -1.66. The maximum Gasteiger partial charge on any atom is 0.306 e. The van der Waals surface area contributed by atoms with Gasteiger partial charge in [0.15, 0.2) is 18.0 Å². The Kier molecular flexibility index (Phi) is 20.5. The Labute approximate surface area is 427 Å². The van der Waals surface area contributed by atoms with Crippen LogP contribution in [0.4, 0.5) is 5.69 Å². The van der Waals surface area contributed by atoms with Crippen LogP contribution in [0.1, 0.15) is 94.1 Å². The summed E-state index contributed by atoms with van der Waals surface area (Å²) in [6, 6.07) is 15.9. The molecule has 4 aliphatic carbocycles. The van der Waals surface area contributed by atoms with Crippen molar-refractivity contribution in [3.05, 3.63) is 108 Å². The summed E-state index contributed by atoms with van der Waals surface area (Å²) in [5, 5.41) is 26.3. The molecule has 1 amide bonds. The zero-order valence-corrected chi connectivity index (χ0v) is 43.1. The van der Waals surface area contributed by atoms with Crippen molar-refractivity contribution in [2.45, 2.75) is 103 Å². The molecule has 18 heteroatoms. The molecule has 0 saturated heterocycles. The van der Waals surface area contributed by atoms with Gasteiger partial charge in [0.1, 0.15) is 17.4 Å². The van der Waals surface area contributed by atoms with Gasteiger partial charge >= 0.3 is 5.97 Å². The van der Waals surface area contributed by atoms with Crippen LogP contribution in [-0.2, 0) is 32.1 Å². The molecule has 7 atom stereocenters. The van der Waals surface area contributed by atoms with E-state index in [0.717, 1.165) is 47.3 Å². The van der Waals surface area contributed by atoms with Gasteiger partial charge in [-0.25, -0.2) is 15.0 Å². The van der Waals surface area contributed by atoms with Gasteiger partial charge < -0.3 is 30.2 Å². The molecular formula is C52H69Cl3N8O7. The zero-order chi connectivity index (χ0) is 49.8. The van der Waals surface area contributed by atoms with E-state index in [2.05, 4.69) is 47.9 Å². The number of amides is 1. The van der Waals surface area contributed by atoms with Crippen LogP contribution in [0.25, 0.3) is 11.2 Å². The van der Waals surface area contributed by atoms with E-state index in [4.69, 9.17) is 27.9 Å². The Bertz CT molecular complexity index is 2400. The van der Waals surface area contributed by atoms with E-state index in [9.17, 15) is 29.4 Å². The largest absolute Gasteiger partial charge is 0.458 e. The SMILES string of the molecule is CNNCc1ccc(C(=O)NC(C)C)cc1.C[C@]12C=CC(=O)C=C1CC[C@@H]1[C@@H]2[C@@H](O)C[C@@]2(C)[C@H]1CC[C@]2(O)C(=O)COC(=O)CCCc1ccc(N(CCCl)CCCl)cc1.Cl.c1ncc2[nH]cnc2n1. The third kappa shape index (κ3) is 13.2. The lowest BCUT2D eigenvalue weighted by atomic mass is 9.46. The van der Waals surface area contributed by atoms with Crippen LogP contribution in [0.5, 0.6) is 0 Å². The van der Waals surface area contributed by atoms with Gasteiger partial charge in [-0.15, -0.1) is 35.6 Å². The molecule has 4 aliphatic rings. The number of nitrogens with zero attached hydrogens (tertiary/aromatic N) is 4. The Morgan fingerprint density at radius 1 is 1.00 bits per heavy atom. The molecule has 0 spiro atoms. The quantitative estimate of drug-likeness (QED) is 0.0351. The summed E-state index contributed by atoms with van der Waals surface area (Å²) in [5.74, 6) is 0.141. The molecule has 2 aromatic heterocycles. The predicted molar refractivity (Wildman–Crippen MR) is 276 cm³/mol. The second-order valence-electron chi connectivity index (χ2n) is 19.2. The number of anilines is 1. The number of rotatable bonds is 17. The Morgan fingerprint density at radius 3 is 2.36 bits per heavy atom. The first-order valence-corrected chi connectivity index (χ1v) is 25.0. The fourth-order valence-electron chi connectivity index (χ4n) is 11.0. The van der Waals surface area contributed by atoms with E-state index in [-0.39, 0.29) is 67.2 Å². The van der Waals surface area contributed by atoms with E-state index < -0.39 is 40.9 Å². The molecule has 0 unspecified atom stereocenters. The molecular weight excluding hydrogens is 955 g/mol. The van der Waals surface area contributed by atoms with Crippen molar-refractivity contribution in [2.24, 2.45) is 28.6 Å². The molecule has 380 valence electrons. The maximum atomic E-state index is 13.5. The van der Waals surface area contributed by atoms with Gasteiger partial charge in [0, 0.05) is 71.9 Å². The van der Waals surface area contributed by atoms with Crippen molar-refractivity contribution >= 4 is 75.9 Å². The number of hydrogen-bond acceptors (Lipinski definition) is 13. The van der Waals surface area contributed by atoms with Gasteiger partial charge in [-0.1, -0.05) is 49.8 Å². The average molecular weight is 1020 g/mol. The topological polar surface area (TPSA) is 212 Å². The number of halogens is 3. The number of esters is 1. The van der Waals surface area contributed by atoms with Crippen LogP contribution < -0.4 is 21.1 Å². The molecule has 2 heterocycles. The van der Waals surface area contributed by atoms with Crippen molar-refractivity contribution in [3.63, 3.8) is 0 Å². The number of aliphatic hydroxyl groups is 2. The van der Waals surface area contributed by atoms with Crippen molar-refractivity contribution in [2.75, 3.05) is 43.4 Å². The van der Waals surface area contributed by atoms with Crippen LogP contribution in [0.3, 0.4) is 0 Å². The number of aromatic nitrogens is 4. The molecule has 4 aromatic rings. The number of carbonyl (C=O) groups excluding carboxylic acids is 4. The first-order valence-electron chi connectivity index (χ1n) is 23.9. The lowest BCUT2D eigenvalue weighted by Gasteiger charge is -2.59. The van der Waals surface area contributed by atoms with Gasteiger partial charge in [-0.3, -0.25) is 30.0 Å². The monoisotopic (exact) mass is 1020 g/mol. The van der Waals surface area contributed by atoms with Crippen LogP contribution in [0.2, 0.25) is 0 Å². The predicted octanol–water partition coefficient (Wildman–Crippen LogP) is 7.24. The Balaban J connectivity index is 0.000000284. The fourth-order valence-corrected chi connectivity index (χ4v) is 11.4. The number of ketones is 2. The third-order valence-corrected chi connectivity index (χ3v) is 14.9. The molecule has 15 nitrogen and oxygen atoms in total. The molecule has 8 rings (SSSR count). The van der Waals surface area contributed by atoms with Gasteiger partial charge in [-0.2, -0.15) is 0 Å². The number of allylic oxidation sites excluding steroid dienone is 4. The number of hydrazine groups is 1. The van der Waals surface area contributed by atoms with E-state index in [0.29, 0.717) is 55.3 Å². The van der Waals surface area contributed by atoms with Crippen molar-refractivity contribution in [1.82, 2.24) is 36.1 Å². The summed E-state index contributed by atoms with van der Waals surface area (Å²) in [5.41, 5.74) is 9.58. The first kappa shape index (κ1) is 56.2. The minimum Gasteiger partial charge on any atom is -0.458 e. The number of carbonyl (C=O) groups is 4. The Morgan fingerprint density at radius 2 is 1.70 bits per heavy atom. The van der Waals surface area contributed by atoms with Gasteiger partial charge in [0.05, 0.1) is 18.6 Å². The summed E-state index contributed by atoms with van der Waals surface area (Å²) in [6.45, 7) is 9.62. The number of aromatic amines is 1. The number of imidazole rings is 1. The summed E-state index contributed by atoms with van der Waals surface area (Å²) in [6.07, 6.45) is 13.6. The maximum absolute atomic E-state index is 13.5. The number of hydrogen-bond donors (Lipinski definition) is 6. The number of alkyl halides is 2. The van der Waals surface area contributed by atoms with Crippen molar-refractivity contribution in [3.8, 4) is 0 Å². The molecule has 3 fully saturated rings. The molecule has 0 radical (unpaired) electrons. The van der Waals surface area contributed by atoms with E-state index >= 15 is 0 Å². The highest BCUT2D eigenvalue weighted by Gasteiger charge is 2.68. The highest BCUT2D eigenvalue weighted by molar-refractivity contribution is 6.18. The third-order valence-electron chi connectivity index (χ3n) is 14.5. The zero-order valence-electron chi connectivity index (χ0n) is 40.8. The highest BCUT2D eigenvalue weighted by Crippen LogP contribution is 2.67. The minimum absolute atomic E-state index is 0. The average Bonchev–Trinajstić information content (AvgIpc) is 3.92. The smallest absolute Gasteiger partial charge is 0.306 e.